The summed E-state index contributed by atoms with van der Waals surface area (Å²) in [5, 5.41) is 2.47. The van der Waals surface area contributed by atoms with E-state index >= 15 is 0 Å². The number of hydrogen-bond donors (Lipinski definition) is 2. The topological polar surface area (TPSA) is 63.2 Å². The number of pyridine rings is 1. The lowest BCUT2D eigenvalue weighted by molar-refractivity contribution is -0.0250. The molecule has 4 aliphatic rings. The number of fused-ring (bicyclic) bond motifs is 5. The molecule has 2 N–H and O–H groups in total. The van der Waals surface area contributed by atoms with Gasteiger partial charge in [0.15, 0.2) is 0 Å². The molecule has 1 aromatic heterocycles. The monoisotopic (exact) mass is 435 g/mol. The van der Waals surface area contributed by atoms with Crippen LogP contribution in [0.5, 0.6) is 0 Å². The zero-order valence-corrected chi connectivity index (χ0v) is 19.7. The third-order valence-corrected chi connectivity index (χ3v) is 9.48. The van der Waals surface area contributed by atoms with E-state index in [2.05, 4.69) is 60.1 Å². The van der Waals surface area contributed by atoms with Crippen LogP contribution in [0.2, 0.25) is 0 Å². The summed E-state index contributed by atoms with van der Waals surface area (Å²) in [5.41, 5.74) is 8.02. The number of hydrogen-bond acceptors (Lipinski definition) is 4. The Morgan fingerprint density at radius 2 is 2.03 bits per heavy atom. The van der Waals surface area contributed by atoms with Crippen LogP contribution < -0.4 is 10.8 Å². The molecule has 2 fully saturated rings. The van der Waals surface area contributed by atoms with Crippen molar-refractivity contribution in [2.45, 2.75) is 58.8 Å². The Morgan fingerprint density at radius 1 is 1.19 bits per heavy atom. The van der Waals surface area contributed by atoms with Gasteiger partial charge in [-0.1, -0.05) is 37.6 Å². The van der Waals surface area contributed by atoms with E-state index in [4.69, 9.17) is 4.84 Å². The number of hydroxylamine groups is 1. The fourth-order valence-corrected chi connectivity index (χ4v) is 7.76. The van der Waals surface area contributed by atoms with Crippen LogP contribution in [0.25, 0.3) is 5.57 Å². The highest BCUT2D eigenvalue weighted by Crippen LogP contribution is 2.66. The number of nitrogens with zero attached hydrogens (tertiary/aromatic N) is 1. The predicted octanol–water partition coefficient (Wildman–Crippen LogP) is 5.51. The Balaban J connectivity index is 1.31. The molecule has 0 bridgehead atoms. The number of carbonyl (C=O) groups excluding carboxylic acids is 1. The average Bonchev–Trinajstić information content (AvgIpc) is 3.17. The molecule has 1 unspecified atom stereocenters. The molecule has 1 amide bonds. The Morgan fingerprint density at radius 3 is 2.81 bits per heavy atom. The molecule has 0 aromatic carbocycles. The second-order valence-electron chi connectivity index (χ2n) is 10.9. The minimum absolute atomic E-state index is 0.292. The van der Waals surface area contributed by atoms with Gasteiger partial charge >= 0.3 is 6.09 Å². The zero-order valence-electron chi connectivity index (χ0n) is 19.7. The van der Waals surface area contributed by atoms with Gasteiger partial charge in [0.1, 0.15) is 0 Å². The molecule has 32 heavy (non-hydrogen) atoms. The van der Waals surface area contributed by atoms with E-state index in [1.807, 2.05) is 6.20 Å². The lowest BCUT2D eigenvalue weighted by atomic mass is 9.46. The third kappa shape index (κ3) is 3.49. The Kier molecular flexibility index (Phi) is 5.65. The Hall–Kier alpha value is -2.14. The predicted molar refractivity (Wildman–Crippen MR) is 126 cm³/mol. The van der Waals surface area contributed by atoms with Crippen molar-refractivity contribution in [3.8, 4) is 0 Å². The number of allylic oxidation sites excluding steroid dienone is 3. The van der Waals surface area contributed by atoms with E-state index in [1.54, 1.807) is 18.2 Å². The second kappa shape index (κ2) is 8.33. The molecule has 0 spiro atoms. The smallest absolute Gasteiger partial charge is 0.354 e. The van der Waals surface area contributed by atoms with Gasteiger partial charge in [0.25, 0.3) is 0 Å². The van der Waals surface area contributed by atoms with Gasteiger partial charge in [-0.05, 0) is 96.7 Å². The van der Waals surface area contributed by atoms with Crippen molar-refractivity contribution in [1.82, 2.24) is 15.8 Å². The number of amides is 1. The molecular formula is C27H37N3O2. The number of carbonyl (C=O) groups is 1. The Bertz CT molecular complexity index is 926. The van der Waals surface area contributed by atoms with Crippen LogP contribution in [0.4, 0.5) is 4.79 Å². The lowest BCUT2D eigenvalue weighted by Crippen LogP contribution is -2.50. The van der Waals surface area contributed by atoms with Gasteiger partial charge in [0.2, 0.25) is 0 Å². The normalized spacial score (nSPS) is 38.0. The van der Waals surface area contributed by atoms with E-state index in [-0.39, 0.29) is 0 Å². The van der Waals surface area contributed by atoms with Crippen LogP contribution in [-0.2, 0) is 4.84 Å². The number of rotatable bonds is 4. The van der Waals surface area contributed by atoms with Gasteiger partial charge in [-0.25, -0.2) is 4.79 Å². The quantitative estimate of drug-likeness (QED) is 0.483. The van der Waals surface area contributed by atoms with Crippen molar-refractivity contribution in [3.05, 3.63) is 47.8 Å². The van der Waals surface area contributed by atoms with Gasteiger partial charge < -0.3 is 10.2 Å². The first-order chi connectivity index (χ1) is 15.5. The van der Waals surface area contributed by atoms with Gasteiger partial charge in [0.05, 0.1) is 0 Å². The standard InChI is InChI=1S/C27H37N3O2/c1-26-12-10-18(16-30-32-25(31)28-3)15-20(26)6-7-21-23-9-8-22(19-5-4-14-29-17-19)27(23,2)13-11-24(21)26/h4-5,8,14-15,17-18,21,23-24,30H,6-7,9-13,16H2,1-3H3,(H,28,31)/t18?,21-,23+,24+,26+,27-/m1/s1. The SMILES string of the molecule is CNC(=O)ONCC1C=C2CC[C@H]3[C@H](CC[C@]4(C)C(c5cccnc5)=CC[C@@H]34)[C@@]2(C)CC1. The molecule has 5 rings (SSSR count). The first-order valence-electron chi connectivity index (χ1n) is 12.4. The molecule has 0 saturated heterocycles. The van der Waals surface area contributed by atoms with Crippen LogP contribution in [0, 0.1) is 34.5 Å². The highest BCUT2D eigenvalue weighted by Gasteiger charge is 2.57. The van der Waals surface area contributed by atoms with Crippen molar-refractivity contribution in [2.75, 3.05) is 13.6 Å². The molecule has 5 heteroatoms. The van der Waals surface area contributed by atoms with E-state index in [1.165, 1.54) is 44.1 Å². The number of aromatic nitrogens is 1. The summed E-state index contributed by atoms with van der Waals surface area (Å²) < 4.78 is 0. The maximum Gasteiger partial charge on any atom is 0.425 e. The maximum absolute atomic E-state index is 11.3. The van der Waals surface area contributed by atoms with Gasteiger partial charge in [0, 0.05) is 26.0 Å². The van der Waals surface area contributed by atoms with Crippen LogP contribution in [-0.4, -0.2) is 24.7 Å². The summed E-state index contributed by atoms with van der Waals surface area (Å²) in [6.07, 6.45) is 17.3. The molecule has 0 aliphatic heterocycles. The van der Waals surface area contributed by atoms with Crippen LogP contribution in [0.3, 0.4) is 0 Å². The highest BCUT2D eigenvalue weighted by molar-refractivity contribution is 5.72. The summed E-state index contributed by atoms with van der Waals surface area (Å²) in [6.45, 7) is 5.77. The fourth-order valence-electron chi connectivity index (χ4n) is 7.76. The minimum Gasteiger partial charge on any atom is -0.354 e. The molecule has 0 radical (unpaired) electrons. The van der Waals surface area contributed by atoms with E-state index < -0.39 is 6.09 Å². The largest absolute Gasteiger partial charge is 0.425 e. The molecular weight excluding hydrogens is 398 g/mol. The summed E-state index contributed by atoms with van der Waals surface area (Å²) in [4.78, 5) is 20.7. The van der Waals surface area contributed by atoms with Gasteiger partial charge in [-0.3, -0.25) is 4.98 Å². The highest BCUT2D eigenvalue weighted by atomic mass is 16.7. The lowest BCUT2D eigenvalue weighted by Gasteiger charge is -2.58. The summed E-state index contributed by atoms with van der Waals surface area (Å²) >= 11 is 0. The summed E-state index contributed by atoms with van der Waals surface area (Å²) in [7, 11) is 1.57. The van der Waals surface area contributed by atoms with Gasteiger partial charge in [-0.2, -0.15) is 5.48 Å². The minimum atomic E-state index is -0.431. The average molecular weight is 436 g/mol. The van der Waals surface area contributed by atoms with Crippen LogP contribution >= 0.6 is 0 Å². The molecule has 4 aliphatic carbocycles. The van der Waals surface area contributed by atoms with Crippen molar-refractivity contribution in [2.24, 2.45) is 34.5 Å². The summed E-state index contributed by atoms with van der Waals surface area (Å²) in [6, 6.07) is 4.31. The molecule has 2 saturated carbocycles. The van der Waals surface area contributed by atoms with E-state index in [0.717, 1.165) is 24.2 Å². The third-order valence-electron chi connectivity index (χ3n) is 9.48. The maximum atomic E-state index is 11.3. The van der Waals surface area contributed by atoms with Crippen LogP contribution in [0.15, 0.2) is 42.3 Å². The van der Waals surface area contributed by atoms with Crippen molar-refractivity contribution in [3.63, 3.8) is 0 Å². The van der Waals surface area contributed by atoms with Crippen LogP contribution in [0.1, 0.15) is 64.4 Å². The molecule has 1 heterocycles. The first-order valence-corrected chi connectivity index (χ1v) is 12.4. The molecule has 1 aromatic rings. The first kappa shape index (κ1) is 21.7. The van der Waals surface area contributed by atoms with E-state index in [0.29, 0.717) is 23.3 Å². The second-order valence-corrected chi connectivity index (χ2v) is 10.9. The van der Waals surface area contributed by atoms with Crippen molar-refractivity contribution >= 4 is 11.7 Å². The summed E-state index contributed by atoms with van der Waals surface area (Å²) in [5.74, 6) is 2.81. The molecule has 172 valence electrons. The van der Waals surface area contributed by atoms with Crippen molar-refractivity contribution in [1.29, 1.82) is 0 Å². The van der Waals surface area contributed by atoms with Crippen molar-refractivity contribution < 1.29 is 9.63 Å². The molecule has 5 nitrogen and oxygen atoms in total. The molecule has 6 atom stereocenters. The zero-order chi connectivity index (χ0) is 22.3. The van der Waals surface area contributed by atoms with Gasteiger partial charge in [-0.15, -0.1) is 0 Å². The Labute approximate surface area is 192 Å². The number of nitrogens with one attached hydrogen (secondary N) is 2. The van der Waals surface area contributed by atoms with E-state index in [9.17, 15) is 4.79 Å². The fraction of sp³-hybridized carbons (Fsp3) is 0.630.